The van der Waals surface area contributed by atoms with Crippen molar-refractivity contribution in [3.8, 4) is 0 Å². The minimum atomic E-state index is -0.0234. The number of piperidine rings is 1. The number of aromatic amines is 1. The number of likely N-dealkylation sites (tertiary alicyclic amines) is 1. The summed E-state index contributed by atoms with van der Waals surface area (Å²) in [7, 11) is 0. The molecule has 1 saturated heterocycles. The number of aromatic nitrogens is 5. The van der Waals surface area contributed by atoms with Gasteiger partial charge in [-0.2, -0.15) is 10.2 Å². The summed E-state index contributed by atoms with van der Waals surface area (Å²) in [4.78, 5) is 6.93. The SMILES string of the molecule is CC(C)(C)n1ncnc1CN1CCC[C@H](c2ccn[nH]2)C1. The van der Waals surface area contributed by atoms with Crippen molar-refractivity contribution in [3.63, 3.8) is 0 Å². The lowest BCUT2D eigenvalue weighted by atomic mass is 9.95. The molecule has 114 valence electrons. The summed E-state index contributed by atoms with van der Waals surface area (Å²) < 4.78 is 2.03. The molecule has 6 nitrogen and oxygen atoms in total. The molecule has 0 amide bonds. The number of H-pyrrole nitrogens is 1. The molecule has 1 N–H and O–H groups in total. The fourth-order valence-electron chi connectivity index (χ4n) is 3.08. The third kappa shape index (κ3) is 3.15. The summed E-state index contributed by atoms with van der Waals surface area (Å²) in [5.74, 6) is 1.60. The zero-order valence-electron chi connectivity index (χ0n) is 13.1. The van der Waals surface area contributed by atoms with Crippen molar-refractivity contribution in [1.29, 1.82) is 0 Å². The van der Waals surface area contributed by atoms with E-state index < -0.39 is 0 Å². The topological polar surface area (TPSA) is 62.6 Å². The highest BCUT2D eigenvalue weighted by molar-refractivity contribution is 5.07. The lowest BCUT2D eigenvalue weighted by Gasteiger charge is -2.32. The van der Waals surface area contributed by atoms with Gasteiger partial charge in [0.05, 0.1) is 12.1 Å². The molecule has 3 heterocycles. The van der Waals surface area contributed by atoms with Gasteiger partial charge >= 0.3 is 0 Å². The molecule has 1 aliphatic rings. The van der Waals surface area contributed by atoms with Crippen LogP contribution in [0.4, 0.5) is 0 Å². The second-order valence-corrected chi connectivity index (χ2v) is 6.85. The molecule has 6 heteroatoms. The van der Waals surface area contributed by atoms with E-state index in [0.29, 0.717) is 5.92 Å². The van der Waals surface area contributed by atoms with Gasteiger partial charge in [0.25, 0.3) is 0 Å². The van der Waals surface area contributed by atoms with Crippen LogP contribution in [0.15, 0.2) is 18.6 Å². The molecule has 1 atom stereocenters. The molecule has 0 radical (unpaired) electrons. The molecular weight excluding hydrogens is 264 g/mol. The summed E-state index contributed by atoms with van der Waals surface area (Å²) in [5.41, 5.74) is 1.22. The maximum absolute atomic E-state index is 4.45. The van der Waals surface area contributed by atoms with Crippen LogP contribution in [0.5, 0.6) is 0 Å². The van der Waals surface area contributed by atoms with Crippen molar-refractivity contribution >= 4 is 0 Å². The smallest absolute Gasteiger partial charge is 0.141 e. The second-order valence-electron chi connectivity index (χ2n) is 6.85. The first-order valence-electron chi connectivity index (χ1n) is 7.65. The third-order valence-corrected chi connectivity index (χ3v) is 4.09. The van der Waals surface area contributed by atoms with E-state index in [9.17, 15) is 0 Å². The lowest BCUT2D eigenvalue weighted by molar-refractivity contribution is 0.185. The minimum absolute atomic E-state index is 0.0234. The maximum atomic E-state index is 4.45. The van der Waals surface area contributed by atoms with E-state index in [1.807, 2.05) is 10.9 Å². The fraction of sp³-hybridized carbons (Fsp3) is 0.667. The minimum Gasteiger partial charge on any atom is -0.295 e. The molecular formula is C15H24N6. The van der Waals surface area contributed by atoms with Gasteiger partial charge in [0.1, 0.15) is 12.2 Å². The van der Waals surface area contributed by atoms with Crippen molar-refractivity contribution in [2.75, 3.05) is 13.1 Å². The number of hydrogen-bond acceptors (Lipinski definition) is 4. The standard InChI is InChI=1S/C15H24N6/c1-15(2,3)21-14(16-11-18-21)10-20-8-4-5-12(9-20)13-6-7-17-19-13/h6-7,11-12H,4-5,8-10H2,1-3H3,(H,17,19)/t12-/m0/s1. The molecule has 3 rings (SSSR count). The Hall–Kier alpha value is -1.69. The zero-order chi connectivity index (χ0) is 14.9. The normalized spacial score (nSPS) is 20.8. The highest BCUT2D eigenvalue weighted by Crippen LogP contribution is 2.26. The summed E-state index contributed by atoms with van der Waals surface area (Å²) in [6.07, 6.45) is 5.94. The van der Waals surface area contributed by atoms with E-state index in [-0.39, 0.29) is 5.54 Å². The van der Waals surface area contributed by atoms with E-state index in [1.165, 1.54) is 18.5 Å². The largest absolute Gasteiger partial charge is 0.295 e. The van der Waals surface area contributed by atoms with Crippen LogP contribution in [0.25, 0.3) is 0 Å². The number of nitrogens with zero attached hydrogens (tertiary/aromatic N) is 5. The van der Waals surface area contributed by atoms with Gasteiger partial charge in [0, 0.05) is 24.4 Å². The molecule has 1 fully saturated rings. The maximum Gasteiger partial charge on any atom is 0.141 e. The zero-order valence-corrected chi connectivity index (χ0v) is 13.1. The summed E-state index contributed by atoms with van der Waals surface area (Å²) >= 11 is 0. The second kappa shape index (κ2) is 5.60. The molecule has 0 bridgehead atoms. The van der Waals surface area contributed by atoms with Gasteiger partial charge in [-0.15, -0.1) is 0 Å². The summed E-state index contributed by atoms with van der Waals surface area (Å²) in [5, 5.41) is 11.6. The summed E-state index contributed by atoms with van der Waals surface area (Å²) in [6, 6.07) is 2.09. The predicted octanol–water partition coefficient (Wildman–Crippen LogP) is 2.14. The summed E-state index contributed by atoms with van der Waals surface area (Å²) in [6.45, 7) is 9.53. The Morgan fingerprint density at radius 1 is 1.38 bits per heavy atom. The van der Waals surface area contributed by atoms with Crippen LogP contribution in [-0.4, -0.2) is 43.0 Å². The van der Waals surface area contributed by atoms with Crippen molar-refractivity contribution < 1.29 is 0 Å². The Morgan fingerprint density at radius 3 is 2.95 bits per heavy atom. The third-order valence-electron chi connectivity index (χ3n) is 4.09. The van der Waals surface area contributed by atoms with Gasteiger partial charge in [-0.25, -0.2) is 9.67 Å². The molecule has 0 unspecified atom stereocenters. The Balaban J connectivity index is 1.69. The molecule has 0 saturated carbocycles. The lowest BCUT2D eigenvalue weighted by Crippen LogP contribution is -2.36. The molecule has 0 spiro atoms. The number of nitrogens with one attached hydrogen (secondary N) is 1. The molecule has 2 aromatic heterocycles. The van der Waals surface area contributed by atoms with Crippen LogP contribution in [-0.2, 0) is 12.1 Å². The Kier molecular flexibility index (Phi) is 3.80. The quantitative estimate of drug-likeness (QED) is 0.940. The Labute approximate surface area is 125 Å². The van der Waals surface area contributed by atoms with Crippen LogP contribution in [0.2, 0.25) is 0 Å². The average molecular weight is 288 g/mol. The van der Waals surface area contributed by atoms with Gasteiger partial charge in [0.2, 0.25) is 0 Å². The van der Waals surface area contributed by atoms with Gasteiger partial charge in [-0.05, 0) is 46.2 Å². The van der Waals surface area contributed by atoms with Crippen LogP contribution < -0.4 is 0 Å². The molecule has 0 aromatic carbocycles. The van der Waals surface area contributed by atoms with Gasteiger partial charge < -0.3 is 0 Å². The van der Waals surface area contributed by atoms with E-state index in [0.717, 1.165) is 25.5 Å². The molecule has 21 heavy (non-hydrogen) atoms. The molecule has 0 aliphatic carbocycles. The Morgan fingerprint density at radius 2 is 2.24 bits per heavy atom. The first kappa shape index (κ1) is 14.3. The van der Waals surface area contributed by atoms with Crippen molar-refractivity contribution in [1.82, 2.24) is 29.9 Å². The average Bonchev–Trinajstić information content (AvgIpc) is 3.09. The van der Waals surface area contributed by atoms with Gasteiger partial charge in [-0.1, -0.05) is 0 Å². The van der Waals surface area contributed by atoms with Crippen molar-refractivity contribution in [2.24, 2.45) is 0 Å². The monoisotopic (exact) mass is 288 g/mol. The van der Waals surface area contributed by atoms with Crippen LogP contribution in [0.3, 0.4) is 0 Å². The first-order valence-corrected chi connectivity index (χ1v) is 7.65. The first-order chi connectivity index (χ1) is 10.0. The van der Waals surface area contributed by atoms with Gasteiger partial charge in [-0.3, -0.25) is 10.00 Å². The molecule has 1 aliphatic heterocycles. The van der Waals surface area contributed by atoms with E-state index in [4.69, 9.17) is 0 Å². The van der Waals surface area contributed by atoms with Crippen LogP contribution in [0, 0.1) is 0 Å². The predicted molar refractivity (Wildman–Crippen MR) is 80.9 cm³/mol. The van der Waals surface area contributed by atoms with E-state index in [1.54, 1.807) is 6.33 Å². The number of hydrogen-bond donors (Lipinski definition) is 1. The van der Waals surface area contributed by atoms with Crippen LogP contribution in [0.1, 0.15) is 51.0 Å². The van der Waals surface area contributed by atoms with Crippen molar-refractivity contribution in [2.45, 2.75) is 51.6 Å². The highest BCUT2D eigenvalue weighted by atomic mass is 15.4. The van der Waals surface area contributed by atoms with E-state index in [2.05, 4.69) is 52.0 Å². The molecule has 2 aromatic rings. The fourth-order valence-corrected chi connectivity index (χ4v) is 3.08. The van der Waals surface area contributed by atoms with E-state index >= 15 is 0 Å². The number of rotatable bonds is 3. The highest BCUT2D eigenvalue weighted by Gasteiger charge is 2.25. The Bertz CT molecular complexity index is 565. The van der Waals surface area contributed by atoms with Crippen LogP contribution >= 0.6 is 0 Å². The van der Waals surface area contributed by atoms with Gasteiger partial charge in [0.15, 0.2) is 0 Å². The van der Waals surface area contributed by atoms with Crippen molar-refractivity contribution in [3.05, 3.63) is 30.1 Å².